The molecule has 1 aliphatic rings. The van der Waals surface area contributed by atoms with Crippen LogP contribution in [0.4, 0.5) is 0 Å². The predicted molar refractivity (Wildman–Crippen MR) is 67.9 cm³/mol. The van der Waals surface area contributed by atoms with E-state index >= 15 is 0 Å². The second-order valence-electron chi connectivity index (χ2n) is 5.17. The first kappa shape index (κ1) is 10.8. The van der Waals surface area contributed by atoms with Crippen molar-refractivity contribution in [1.82, 2.24) is 9.55 Å². The summed E-state index contributed by atoms with van der Waals surface area (Å²) in [4.78, 5) is 4.54. The number of imidazole rings is 1. The molecule has 17 heavy (non-hydrogen) atoms. The Morgan fingerprint density at radius 1 is 1.29 bits per heavy atom. The van der Waals surface area contributed by atoms with Crippen LogP contribution in [0.2, 0.25) is 0 Å². The number of aromatic nitrogens is 2. The maximum atomic E-state index is 10.5. The minimum absolute atomic E-state index is 0.520. The van der Waals surface area contributed by atoms with E-state index in [-0.39, 0.29) is 0 Å². The predicted octanol–water partition coefficient (Wildman–Crippen LogP) is 2.65. The van der Waals surface area contributed by atoms with Crippen LogP contribution in [0.1, 0.15) is 31.5 Å². The Morgan fingerprint density at radius 3 is 2.76 bits per heavy atom. The van der Waals surface area contributed by atoms with Crippen LogP contribution < -0.4 is 0 Å². The summed E-state index contributed by atoms with van der Waals surface area (Å²) in [5.41, 5.74) is 1.63. The Labute approximate surface area is 101 Å². The van der Waals surface area contributed by atoms with Gasteiger partial charge in [-0.2, -0.15) is 0 Å². The number of fused-ring (bicyclic) bond motifs is 1. The highest BCUT2D eigenvalue weighted by Gasteiger charge is 2.32. The molecule has 1 saturated carbocycles. The maximum absolute atomic E-state index is 10.5. The van der Waals surface area contributed by atoms with Gasteiger partial charge in [0.15, 0.2) is 0 Å². The van der Waals surface area contributed by atoms with E-state index in [2.05, 4.69) is 15.6 Å². The Hall–Kier alpha value is -1.35. The van der Waals surface area contributed by atoms with Crippen molar-refractivity contribution in [2.75, 3.05) is 0 Å². The number of nitrogens with zero attached hydrogens (tertiary/aromatic N) is 2. The molecule has 1 heterocycles. The third-order valence-corrected chi connectivity index (χ3v) is 3.83. The number of benzene rings is 1. The van der Waals surface area contributed by atoms with Gasteiger partial charge in [-0.1, -0.05) is 25.0 Å². The van der Waals surface area contributed by atoms with E-state index in [0.717, 1.165) is 42.5 Å². The molecule has 0 unspecified atom stereocenters. The van der Waals surface area contributed by atoms with Crippen LogP contribution in [-0.2, 0) is 6.54 Å². The van der Waals surface area contributed by atoms with E-state index in [9.17, 15) is 5.11 Å². The number of aliphatic hydroxyl groups is 1. The molecule has 1 fully saturated rings. The number of hydrogen-bond donors (Lipinski definition) is 1. The van der Waals surface area contributed by atoms with E-state index in [1.54, 1.807) is 0 Å². The summed E-state index contributed by atoms with van der Waals surface area (Å²) in [6.07, 6.45) is 4.11. The van der Waals surface area contributed by atoms with Crippen LogP contribution in [0.5, 0.6) is 0 Å². The first-order valence-corrected chi connectivity index (χ1v) is 6.32. The van der Waals surface area contributed by atoms with E-state index in [1.165, 1.54) is 0 Å². The van der Waals surface area contributed by atoms with E-state index in [1.807, 2.05) is 25.1 Å². The van der Waals surface area contributed by atoms with E-state index in [4.69, 9.17) is 0 Å². The molecule has 0 atom stereocenters. The van der Waals surface area contributed by atoms with E-state index in [0.29, 0.717) is 6.54 Å². The minimum Gasteiger partial charge on any atom is -0.388 e. The van der Waals surface area contributed by atoms with Gasteiger partial charge in [-0.3, -0.25) is 0 Å². The lowest BCUT2D eigenvalue weighted by atomic mass is 10.0. The van der Waals surface area contributed by atoms with Gasteiger partial charge < -0.3 is 9.67 Å². The minimum atomic E-state index is -0.520. The standard InChI is InChI=1S/C14H18N2O/c1-11-15-12-6-2-3-7-13(12)16(11)10-14(17)8-4-5-9-14/h2-3,6-7,17H,4-5,8-10H2,1H3. The summed E-state index contributed by atoms with van der Waals surface area (Å²) in [5, 5.41) is 10.5. The van der Waals surface area contributed by atoms with Crippen molar-refractivity contribution in [3.05, 3.63) is 30.1 Å². The first-order chi connectivity index (χ1) is 8.18. The molecule has 0 bridgehead atoms. The van der Waals surface area contributed by atoms with Crippen LogP contribution in [-0.4, -0.2) is 20.3 Å². The molecular formula is C14H18N2O. The highest BCUT2D eigenvalue weighted by Crippen LogP contribution is 2.32. The monoisotopic (exact) mass is 230 g/mol. The largest absolute Gasteiger partial charge is 0.388 e. The van der Waals surface area contributed by atoms with Gasteiger partial charge >= 0.3 is 0 Å². The summed E-state index contributed by atoms with van der Waals surface area (Å²) < 4.78 is 2.15. The number of para-hydroxylation sites is 2. The van der Waals surface area contributed by atoms with Crippen LogP contribution in [0.15, 0.2) is 24.3 Å². The fraction of sp³-hybridized carbons (Fsp3) is 0.500. The molecule has 3 heteroatoms. The van der Waals surface area contributed by atoms with Crippen molar-refractivity contribution in [2.45, 2.75) is 44.8 Å². The normalized spacial score (nSPS) is 18.9. The molecule has 0 radical (unpaired) electrons. The highest BCUT2D eigenvalue weighted by molar-refractivity contribution is 5.75. The fourth-order valence-electron chi connectivity index (χ4n) is 2.88. The molecule has 0 aliphatic heterocycles. The molecule has 3 nitrogen and oxygen atoms in total. The summed E-state index contributed by atoms with van der Waals surface area (Å²) in [6, 6.07) is 8.13. The lowest BCUT2D eigenvalue weighted by Crippen LogP contribution is -2.30. The molecule has 1 N–H and O–H groups in total. The molecule has 2 aromatic rings. The number of aryl methyl sites for hydroxylation is 1. The number of hydrogen-bond acceptors (Lipinski definition) is 2. The first-order valence-electron chi connectivity index (χ1n) is 6.32. The van der Waals surface area contributed by atoms with Gasteiger partial charge in [-0.25, -0.2) is 4.98 Å². The molecular weight excluding hydrogens is 212 g/mol. The molecule has 1 aromatic heterocycles. The van der Waals surface area contributed by atoms with Gasteiger partial charge in [0.2, 0.25) is 0 Å². The average molecular weight is 230 g/mol. The molecule has 3 rings (SSSR count). The van der Waals surface area contributed by atoms with Crippen molar-refractivity contribution in [2.24, 2.45) is 0 Å². The fourth-order valence-corrected chi connectivity index (χ4v) is 2.88. The second-order valence-corrected chi connectivity index (χ2v) is 5.17. The maximum Gasteiger partial charge on any atom is 0.106 e. The van der Waals surface area contributed by atoms with Crippen LogP contribution >= 0.6 is 0 Å². The third kappa shape index (κ3) is 1.84. The third-order valence-electron chi connectivity index (χ3n) is 3.83. The quantitative estimate of drug-likeness (QED) is 0.861. The summed E-state index contributed by atoms with van der Waals surface area (Å²) in [6.45, 7) is 2.69. The second kappa shape index (κ2) is 3.84. The Kier molecular flexibility index (Phi) is 2.44. The summed E-state index contributed by atoms with van der Waals surface area (Å²) >= 11 is 0. The summed E-state index contributed by atoms with van der Waals surface area (Å²) in [7, 11) is 0. The summed E-state index contributed by atoms with van der Waals surface area (Å²) in [5.74, 6) is 0.992. The Bertz CT molecular complexity index is 538. The Balaban J connectivity index is 2.02. The van der Waals surface area contributed by atoms with Crippen molar-refractivity contribution in [1.29, 1.82) is 0 Å². The zero-order chi connectivity index (χ0) is 11.9. The SMILES string of the molecule is Cc1nc2ccccc2n1CC1(O)CCCC1. The number of rotatable bonds is 2. The van der Waals surface area contributed by atoms with Crippen LogP contribution in [0, 0.1) is 6.92 Å². The molecule has 0 saturated heterocycles. The van der Waals surface area contributed by atoms with Gasteiger partial charge in [-0.05, 0) is 31.9 Å². The zero-order valence-corrected chi connectivity index (χ0v) is 10.2. The topological polar surface area (TPSA) is 38.0 Å². The molecule has 0 amide bonds. The van der Waals surface area contributed by atoms with Gasteiger partial charge in [0, 0.05) is 0 Å². The van der Waals surface area contributed by atoms with Gasteiger partial charge in [-0.15, -0.1) is 0 Å². The lowest BCUT2D eigenvalue weighted by Gasteiger charge is -2.23. The zero-order valence-electron chi connectivity index (χ0n) is 10.2. The van der Waals surface area contributed by atoms with Crippen molar-refractivity contribution < 1.29 is 5.11 Å². The average Bonchev–Trinajstić information content (AvgIpc) is 2.86. The van der Waals surface area contributed by atoms with E-state index < -0.39 is 5.60 Å². The smallest absolute Gasteiger partial charge is 0.106 e. The molecule has 1 aromatic carbocycles. The van der Waals surface area contributed by atoms with Gasteiger partial charge in [0.1, 0.15) is 5.82 Å². The van der Waals surface area contributed by atoms with Crippen LogP contribution in [0.25, 0.3) is 11.0 Å². The van der Waals surface area contributed by atoms with Crippen molar-refractivity contribution >= 4 is 11.0 Å². The van der Waals surface area contributed by atoms with Gasteiger partial charge in [0.25, 0.3) is 0 Å². The van der Waals surface area contributed by atoms with Gasteiger partial charge in [0.05, 0.1) is 23.2 Å². The van der Waals surface area contributed by atoms with Crippen molar-refractivity contribution in [3.63, 3.8) is 0 Å². The molecule has 1 aliphatic carbocycles. The molecule has 90 valence electrons. The Morgan fingerprint density at radius 2 is 2.00 bits per heavy atom. The highest BCUT2D eigenvalue weighted by atomic mass is 16.3. The lowest BCUT2D eigenvalue weighted by molar-refractivity contribution is 0.0304. The van der Waals surface area contributed by atoms with Crippen LogP contribution in [0.3, 0.4) is 0 Å². The van der Waals surface area contributed by atoms with Crippen molar-refractivity contribution in [3.8, 4) is 0 Å². The molecule has 0 spiro atoms.